The van der Waals surface area contributed by atoms with Gasteiger partial charge in [-0.05, 0) is 31.4 Å². The molecule has 0 N–H and O–H groups in total. The second-order valence-electron chi connectivity index (χ2n) is 5.00. The molecule has 2 amide bonds. The van der Waals surface area contributed by atoms with Crippen molar-refractivity contribution in [3.63, 3.8) is 0 Å². The van der Waals surface area contributed by atoms with Crippen LogP contribution in [0.25, 0.3) is 0 Å². The molecule has 5 heteroatoms. The molecule has 20 heavy (non-hydrogen) atoms. The van der Waals surface area contributed by atoms with Gasteiger partial charge in [-0.2, -0.15) is 0 Å². The summed E-state index contributed by atoms with van der Waals surface area (Å²) in [6.07, 6.45) is 3.12. The number of amides is 2. The molecule has 1 heterocycles. The number of rotatable bonds is 3. The SMILES string of the molecule is CC(=O)N(CC(=O)N1CCCCC1)c1ccccc1F. The standard InChI is InChI=1S/C15H19FN2O2/c1-12(19)18(14-8-4-3-7-13(14)16)11-15(20)17-9-5-2-6-10-17/h3-4,7-8H,2,5-6,9-11H2,1H3. The number of hydrogen-bond donors (Lipinski definition) is 0. The molecule has 1 fully saturated rings. The van der Waals surface area contributed by atoms with Crippen LogP contribution < -0.4 is 4.90 Å². The number of para-hydroxylation sites is 1. The van der Waals surface area contributed by atoms with Crippen LogP contribution in [0.1, 0.15) is 26.2 Å². The highest BCUT2D eigenvalue weighted by molar-refractivity contribution is 5.97. The van der Waals surface area contributed by atoms with Crippen molar-refractivity contribution in [2.45, 2.75) is 26.2 Å². The van der Waals surface area contributed by atoms with Crippen LogP contribution in [0.3, 0.4) is 0 Å². The summed E-state index contributed by atoms with van der Waals surface area (Å²) in [5, 5.41) is 0. The maximum Gasteiger partial charge on any atom is 0.242 e. The van der Waals surface area contributed by atoms with Gasteiger partial charge in [0.1, 0.15) is 12.4 Å². The molecule has 0 saturated carbocycles. The van der Waals surface area contributed by atoms with Gasteiger partial charge in [0.05, 0.1) is 5.69 Å². The lowest BCUT2D eigenvalue weighted by molar-refractivity contribution is -0.132. The second-order valence-corrected chi connectivity index (χ2v) is 5.00. The number of likely N-dealkylation sites (tertiary alicyclic amines) is 1. The highest BCUT2D eigenvalue weighted by Crippen LogP contribution is 2.19. The van der Waals surface area contributed by atoms with Crippen molar-refractivity contribution in [3.05, 3.63) is 30.1 Å². The van der Waals surface area contributed by atoms with Crippen molar-refractivity contribution >= 4 is 17.5 Å². The minimum absolute atomic E-state index is 0.101. The highest BCUT2D eigenvalue weighted by atomic mass is 19.1. The Kier molecular flexibility index (Phi) is 4.71. The van der Waals surface area contributed by atoms with E-state index in [1.54, 1.807) is 17.0 Å². The number of piperidine rings is 1. The fourth-order valence-corrected chi connectivity index (χ4v) is 2.42. The van der Waals surface area contributed by atoms with Crippen LogP contribution >= 0.6 is 0 Å². The van der Waals surface area contributed by atoms with Gasteiger partial charge in [0.25, 0.3) is 0 Å². The number of anilines is 1. The van der Waals surface area contributed by atoms with Crippen LogP contribution in [0.15, 0.2) is 24.3 Å². The zero-order chi connectivity index (χ0) is 14.5. The van der Waals surface area contributed by atoms with E-state index in [1.807, 2.05) is 0 Å². The van der Waals surface area contributed by atoms with Gasteiger partial charge in [0.2, 0.25) is 11.8 Å². The molecular formula is C15H19FN2O2. The Bertz CT molecular complexity index is 498. The quantitative estimate of drug-likeness (QED) is 0.850. The average molecular weight is 278 g/mol. The second kappa shape index (κ2) is 6.50. The van der Waals surface area contributed by atoms with E-state index in [9.17, 15) is 14.0 Å². The molecule has 0 spiro atoms. The lowest BCUT2D eigenvalue weighted by atomic mass is 10.1. The molecule has 1 aromatic carbocycles. The summed E-state index contributed by atoms with van der Waals surface area (Å²) >= 11 is 0. The third-order valence-corrected chi connectivity index (χ3v) is 3.53. The van der Waals surface area contributed by atoms with Gasteiger partial charge in [-0.1, -0.05) is 12.1 Å². The Hall–Kier alpha value is -1.91. The summed E-state index contributed by atoms with van der Waals surface area (Å²) in [5.41, 5.74) is 0.158. The third-order valence-electron chi connectivity index (χ3n) is 3.53. The summed E-state index contributed by atoms with van der Waals surface area (Å²) in [7, 11) is 0. The van der Waals surface area contributed by atoms with Gasteiger partial charge in [-0.3, -0.25) is 9.59 Å². The Morgan fingerprint density at radius 3 is 2.45 bits per heavy atom. The first-order valence-corrected chi connectivity index (χ1v) is 6.90. The molecule has 1 saturated heterocycles. The minimum Gasteiger partial charge on any atom is -0.341 e. The van der Waals surface area contributed by atoms with Crippen LogP contribution in [0.5, 0.6) is 0 Å². The van der Waals surface area contributed by atoms with Crippen molar-refractivity contribution in [1.29, 1.82) is 0 Å². The van der Waals surface area contributed by atoms with Crippen LogP contribution in [0, 0.1) is 5.82 Å². The summed E-state index contributed by atoms with van der Waals surface area (Å²) in [6.45, 7) is 2.69. The van der Waals surface area contributed by atoms with Gasteiger partial charge < -0.3 is 9.80 Å². The van der Waals surface area contributed by atoms with Crippen LogP contribution in [0.4, 0.5) is 10.1 Å². The number of benzene rings is 1. The Balaban J connectivity index is 2.12. The smallest absolute Gasteiger partial charge is 0.242 e. The molecule has 1 aromatic rings. The van der Waals surface area contributed by atoms with Crippen LogP contribution in [0.2, 0.25) is 0 Å². The van der Waals surface area contributed by atoms with Crippen molar-refractivity contribution < 1.29 is 14.0 Å². The molecule has 0 aliphatic carbocycles. The third kappa shape index (κ3) is 3.35. The Labute approximate surface area is 118 Å². The Morgan fingerprint density at radius 2 is 1.85 bits per heavy atom. The summed E-state index contributed by atoms with van der Waals surface area (Å²) in [4.78, 5) is 26.9. The van der Waals surface area contributed by atoms with E-state index >= 15 is 0 Å². The Morgan fingerprint density at radius 1 is 1.20 bits per heavy atom. The van der Waals surface area contributed by atoms with E-state index in [0.717, 1.165) is 32.4 Å². The van der Waals surface area contributed by atoms with Crippen molar-refractivity contribution in [2.75, 3.05) is 24.5 Å². The fraction of sp³-hybridized carbons (Fsp3) is 0.467. The largest absolute Gasteiger partial charge is 0.341 e. The first-order chi connectivity index (χ1) is 9.59. The summed E-state index contributed by atoms with van der Waals surface area (Å²) < 4.78 is 13.8. The highest BCUT2D eigenvalue weighted by Gasteiger charge is 2.23. The van der Waals surface area contributed by atoms with E-state index in [-0.39, 0.29) is 24.0 Å². The number of carbonyl (C=O) groups is 2. The zero-order valence-electron chi connectivity index (χ0n) is 11.6. The van der Waals surface area contributed by atoms with Gasteiger partial charge >= 0.3 is 0 Å². The first-order valence-electron chi connectivity index (χ1n) is 6.90. The molecule has 108 valence electrons. The molecule has 2 rings (SSSR count). The van der Waals surface area contributed by atoms with E-state index in [0.29, 0.717) is 0 Å². The first kappa shape index (κ1) is 14.5. The number of halogens is 1. The monoisotopic (exact) mass is 278 g/mol. The fourth-order valence-electron chi connectivity index (χ4n) is 2.42. The van der Waals surface area contributed by atoms with Crippen molar-refractivity contribution in [1.82, 2.24) is 4.90 Å². The number of hydrogen-bond acceptors (Lipinski definition) is 2. The zero-order valence-corrected chi connectivity index (χ0v) is 11.6. The van der Waals surface area contributed by atoms with Crippen molar-refractivity contribution in [2.24, 2.45) is 0 Å². The molecule has 0 radical (unpaired) electrons. The van der Waals surface area contributed by atoms with Crippen molar-refractivity contribution in [3.8, 4) is 0 Å². The lowest BCUT2D eigenvalue weighted by Gasteiger charge is -2.29. The van der Waals surface area contributed by atoms with E-state index in [2.05, 4.69) is 0 Å². The average Bonchev–Trinajstić information content (AvgIpc) is 2.46. The van der Waals surface area contributed by atoms with Gasteiger partial charge in [-0.25, -0.2) is 4.39 Å². The molecule has 0 atom stereocenters. The molecule has 0 unspecified atom stereocenters. The van der Waals surface area contributed by atoms with E-state index in [1.165, 1.54) is 24.0 Å². The molecule has 0 aromatic heterocycles. The van der Waals surface area contributed by atoms with Gasteiger partial charge in [0.15, 0.2) is 0 Å². The molecular weight excluding hydrogens is 259 g/mol. The van der Waals surface area contributed by atoms with E-state index < -0.39 is 5.82 Å². The molecule has 1 aliphatic heterocycles. The predicted octanol–water partition coefficient (Wildman–Crippen LogP) is 2.19. The lowest BCUT2D eigenvalue weighted by Crippen LogP contribution is -2.44. The number of nitrogens with zero attached hydrogens (tertiary/aromatic N) is 2. The summed E-state index contributed by atoms with van der Waals surface area (Å²) in [6, 6.07) is 6.01. The normalized spacial score (nSPS) is 15.0. The van der Waals surface area contributed by atoms with Gasteiger partial charge in [0, 0.05) is 20.0 Å². The van der Waals surface area contributed by atoms with Gasteiger partial charge in [-0.15, -0.1) is 0 Å². The summed E-state index contributed by atoms with van der Waals surface area (Å²) in [5.74, 6) is -0.947. The van der Waals surface area contributed by atoms with Crippen LogP contribution in [-0.2, 0) is 9.59 Å². The topological polar surface area (TPSA) is 40.6 Å². The molecule has 4 nitrogen and oxygen atoms in total. The minimum atomic E-state index is -0.492. The van der Waals surface area contributed by atoms with Crippen LogP contribution in [-0.4, -0.2) is 36.3 Å². The van der Waals surface area contributed by atoms with E-state index in [4.69, 9.17) is 0 Å². The maximum atomic E-state index is 13.8. The predicted molar refractivity (Wildman–Crippen MR) is 74.9 cm³/mol. The number of carbonyl (C=O) groups excluding carboxylic acids is 2. The molecule has 0 bridgehead atoms. The molecule has 1 aliphatic rings. The maximum absolute atomic E-state index is 13.8.